The Kier molecular flexibility index (Phi) is 13.1. The maximum atomic E-state index is 14.1. The van der Waals surface area contributed by atoms with Gasteiger partial charge in [0.25, 0.3) is 0 Å². The number of carbonyl (C=O) groups excluding carboxylic acids is 3. The highest BCUT2D eigenvalue weighted by molar-refractivity contribution is 5.92. The Labute approximate surface area is 217 Å². The van der Waals surface area contributed by atoms with Crippen LogP contribution in [0.5, 0.6) is 0 Å². The molecule has 1 rings (SSSR count). The molecule has 3 atom stereocenters. The first-order valence-corrected chi connectivity index (χ1v) is 13.1. The maximum Gasteiger partial charge on any atom is 0.408 e. The van der Waals surface area contributed by atoms with Crippen molar-refractivity contribution in [3.8, 4) is 12.3 Å². The van der Waals surface area contributed by atoms with Crippen molar-refractivity contribution in [1.82, 2.24) is 15.5 Å². The Morgan fingerprint density at radius 1 is 1.06 bits per heavy atom. The second-order valence-corrected chi connectivity index (χ2v) is 10.2. The standard InChI is InChI=1S/C29H45N3O4/c1-9-13-19-30-26(33)25(23-17-15-22(12-4)16-18-23)32(20-14-10-2)27(34)24(21(5)11-3)31-28(35)36-29(6,7)8/h4,15-18,21,24-25H,9-11,13-14,19-20H2,1-3,5-8H3,(H,30,33)(H,31,35). The number of nitrogens with zero attached hydrogens (tertiary/aromatic N) is 1. The lowest BCUT2D eigenvalue weighted by molar-refractivity contribution is -0.143. The predicted octanol–water partition coefficient (Wildman–Crippen LogP) is 5.19. The van der Waals surface area contributed by atoms with Crippen LogP contribution < -0.4 is 10.6 Å². The minimum Gasteiger partial charge on any atom is -0.444 e. The number of nitrogens with one attached hydrogen (secondary N) is 2. The normalized spacial score (nSPS) is 13.6. The third-order valence-corrected chi connectivity index (χ3v) is 5.97. The number of terminal acetylenes is 1. The fraction of sp³-hybridized carbons (Fsp3) is 0.621. The second-order valence-electron chi connectivity index (χ2n) is 10.2. The van der Waals surface area contributed by atoms with Gasteiger partial charge < -0.3 is 20.3 Å². The second kappa shape index (κ2) is 15.2. The molecule has 0 heterocycles. The lowest BCUT2D eigenvalue weighted by Crippen LogP contribution is -2.55. The van der Waals surface area contributed by atoms with E-state index in [9.17, 15) is 14.4 Å². The summed E-state index contributed by atoms with van der Waals surface area (Å²) >= 11 is 0. The van der Waals surface area contributed by atoms with Crippen molar-refractivity contribution in [2.75, 3.05) is 13.1 Å². The fourth-order valence-corrected chi connectivity index (χ4v) is 3.71. The number of hydrogen-bond donors (Lipinski definition) is 2. The monoisotopic (exact) mass is 499 g/mol. The van der Waals surface area contributed by atoms with E-state index in [0.717, 1.165) is 19.3 Å². The molecule has 0 saturated heterocycles. The molecule has 0 aliphatic rings. The van der Waals surface area contributed by atoms with E-state index in [4.69, 9.17) is 11.2 Å². The zero-order chi connectivity index (χ0) is 27.3. The number of unbranched alkanes of at least 4 members (excludes halogenated alkanes) is 2. The summed E-state index contributed by atoms with van der Waals surface area (Å²) in [4.78, 5) is 41.8. The molecule has 7 nitrogen and oxygen atoms in total. The Morgan fingerprint density at radius 3 is 2.17 bits per heavy atom. The van der Waals surface area contributed by atoms with E-state index >= 15 is 0 Å². The minimum atomic E-state index is -0.847. The molecule has 3 amide bonds. The zero-order valence-corrected chi connectivity index (χ0v) is 23.1. The summed E-state index contributed by atoms with van der Waals surface area (Å²) in [5.41, 5.74) is 0.669. The zero-order valence-electron chi connectivity index (χ0n) is 23.1. The molecule has 0 aliphatic carbocycles. The van der Waals surface area contributed by atoms with Gasteiger partial charge in [0, 0.05) is 18.7 Å². The van der Waals surface area contributed by atoms with Crippen molar-refractivity contribution in [3.05, 3.63) is 35.4 Å². The lowest BCUT2D eigenvalue weighted by atomic mass is 9.95. The summed E-state index contributed by atoms with van der Waals surface area (Å²) in [6.07, 6.45) is 8.87. The average molecular weight is 500 g/mol. The van der Waals surface area contributed by atoms with Crippen LogP contribution in [0.15, 0.2) is 24.3 Å². The molecular weight excluding hydrogens is 454 g/mol. The Bertz CT molecular complexity index is 883. The van der Waals surface area contributed by atoms with Crippen LogP contribution in [0.4, 0.5) is 4.79 Å². The third kappa shape index (κ3) is 9.93. The molecular formula is C29H45N3O4. The van der Waals surface area contributed by atoms with Crippen LogP contribution in [0.1, 0.15) is 97.7 Å². The molecule has 36 heavy (non-hydrogen) atoms. The first kappa shape index (κ1) is 31.0. The van der Waals surface area contributed by atoms with Gasteiger partial charge in [-0.15, -0.1) is 6.42 Å². The van der Waals surface area contributed by atoms with Crippen LogP contribution in [0.25, 0.3) is 0 Å². The minimum absolute atomic E-state index is 0.165. The number of carbonyl (C=O) groups is 3. The smallest absolute Gasteiger partial charge is 0.408 e. The first-order chi connectivity index (χ1) is 17.0. The van der Waals surface area contributed by atoms with Gasteiger partial charge >= 0.3 is 6.09 Å². The van der Waals surface area contributed by atoms with Gasteiger partial charge in [0.15, 0.2) is 0 Å². The topological polar surface area (TPSA) is 87.7 Å². The van der Waals surface area contributed by atoms with Crippen molar-refractivity contribution in [2.24, 2.45) is 5.92 Å². The van der Waals surface area contributed by atoms with Crippen LogP contribution in [0, 0.1) is 18.3 Å². The number of alkyl carbamates (subject to hydrolysis) is 1. The van der Waals surface area contributed by atoms with E-state index in [0.29, 0.717) is 37.1 Å². The van der Waals surface area contributed by atoms with Crippen molar-refractivity contribution < 1.29 is 19.1 Å². The number of hydrogen-bond acceptors (Lipinski definition) is 4. The molecule has 0 fully saturated rings. The summed E-state index contributed by atoms with van der Waals surface area (Å²) in [6.45, 7) is 14.2. The van der Waals surface area contributed by atoms with Crippen molar-refractivity contribution in [2.45, 2.75) is 98.3 Å². The molecule has 2 N–H and O–H groups in total. The SMILES string of the molecule is C#Cc1ccc(C(C(=O)NCCCC)N(CCCC)C(=O)C(NC(=O)OC(C)(C)C)C(C)CC)cc1. The summed E-state index contributed by atoms with van der Waals surface area (Å²) in [5.74, 6) is 1.87. The molecule has 200 valence electrons. The predicted molar refractivity (Wildman–Crippen MR) is 144 cm³/mol. The largest absolute Gasteiger partial charge is 0.444 e. The van der Waals surface area contributed by atoms with E-state index in [2.05, 4.69) is 23.5 Å². The van der Waals surface area contributed by atoms with E-state index in [1.165, 1.54) is 0 Å². The van der Waals surface area contributed by atoms with Gasteiger partial charge in [-0.2, -0.15) is 0 Å². The third-order valence-electron chi connectivity index (χ3n) is 5.97. The van der Waals surface area contributed by atoms with Crippen LogP contribution in [-0.2, 0) is 14.3 Å². The number of amides is 3. The van der Waals surface area contributed by atoms with Crippen LogP contribution in [-0.4, -0.2) is 47.5 Å². The highest BCUT2D eigenvalue weighted by atomic mass is 16.6. The van der Waals surface area contributed by atoms with E-state index in [1.54, 1.807) is 49.9 Å². The fourth-order valence-electron chi connectivity index (χ4n) is 3.71. The van der Waals surface area contributed by atoms with Crippen molar-refractivity contribution in [3.63, 3.8) is 0 Å². The van der Waals surface area contributed by atoms with Gasteiger partial charge in [-0.25, -0.2) is 4.79 Å². The van der Waals surface area contributed by atoms with Crippen molar-refractivity contribution >= 4 is 17.9 Å². The van der Waals surface area contributed by atoms with E-state index in [1.807, 2.05) is 20.8 Å². The summed E-state index contributed by atoms with van der Waals surface area (Å²) in [7, 11) is 0. The first-order valence-electron chi connectivity index (χ1n) is 13.1. The Morgan fingerprint density at radius 2 is 1.67 bits per heavy atom. The van der Waals surface area contributed by atoms with Gasteiger partial charge in [-0.3, -0.25) is 9.59 Å². The molecule has 1 aromatic carbocycles. The molecule has 0 bridgehead atoms. The highest BCUT2D eigenvalue weighted by Crippen LogP contribution is 2.25. The summed E-state index contributed by atoms with van der Waals surface area (Å²) in [5, 5.41) is 5.78. The molecule has 3 unspecified atom stereocenters. The molecule has 0 saturated carbocycles. The number of ether oxygens (including phenoxy) is 1. The van der Waals surface area contributed by atoms with E-state index in [-0.39, 0.29) is 17.7 Å². The van der Waals surface area contributed by atoms with Gasteiger partial charge in [0.05, 0.1) is 0 Å². The molecule has 0 spiro atoms. The average Bonchev–Trinajstić information content (AvgIpc) is 2.83. The lowest BCUT2D eigenvalue weighted by Gasteiger charge is -2.36. The quantitative estimate of drug-likeness (QED) is 0.289. The number of benzene rings is 1. The van der Waals surface area contributed by atoms with Gasteiger partial charge in [0.2, 0.25) is 11.8 Å². The van der Waals surface area contributed by atoms with Gasteiger partial charge in [0.1, 0.15) is 17.7 Å². The highest BCUT2D eigenvalue weighted by Gasteiger charge is 2.37. The molecule has 7 heteroatoms. The molecule has 0 aromatic heterocycles. The van der Waals surface area contributed by atoms with Gasteiger partial charge in [-0.1, -0.05) is 65.0 Å². The van der Waals surface area contributed by atoms with Crippen molar-refractivity contribution in [1.29, 1.82) is 0 Å². The van der Waals surface area contributed by atoms with Crippen LogP contribution in [0.3, 0.4) is 0 Å². The van der Waals surface area contributed by atoms with E-state index < -0.39 is 23.8 Å². The maximum absolute atomic E-state index is 14.1. The summed E-state index contributed by atoms with van der Waals surface area (Å²) in [6, 6.07) is 5.46. The number of rotatable bonds is 13. The van der Waals surface area contributed by atoms with Gasteiger partial charge in [-0.05, 0) is 57.2 Å². The van der Waals surface area contributed by atoms with Crippen LogP contribution >= 0.6 is 0 Å². The molecule has 0 aliphatic heterocycles. The Balaban J connectivity index is 3.46. The molecule has 1 aromatic rings. The Hall–Kier alpha value is -3.01. The summed E-state index contributed by atoms with van der Waals surface area (Å²) < 4.78 is 5.44. The molecule has 0 radical (unpaired) electrons. The van der Waals surface area contributed by atoms with Crippen LogP contribution in [0.2, 0.25) is 0 Å².